The van der Waals surface area contributed by atoms with Gasteiger partial charge in [0.2, 0.25) is 0 Å². The SMILES string of the molecule is Cc1cc2c3c(c1)c1c4c5ccccc5c5ccccc5c4ccc1n3-c1cccc3c1B2c1cc(C)cc2c4c5c6ccccc6c6ccccc6c5ccc4n-3c12. The van der Waals surface area contributed by atoms with Gasteiger partial charge >= 0.3 is 0 Å². The smallest absolute Gasteiger partial charge is 0.252 e. The maximum Gasteiger partial charge on any atom is 0.252 e. The van der Waals surface area contributed by atoms with Crippen LogP contribution in [0.5, 0.6) is 0 Å². The first kappa shape index (κ1) is 30.7. The Bertz CT molecular complexity index is 3830. The summed E-state index contributed by atoms with van der Waals surface area (Å²) in [6.07, 6.45) is 0. The summed E-state index contributed by atoms with van der Waals surface area (Å²) < 4.78 is 5.24. The molecule has 0 aliphatic carbocycles. The van der Waals surface area contributed by atoms with Gasteiger partial charge in [0.05, 0.1) is 11.0 Å². The molecule has 0 atom stereocenters. The van der Waals surface area contributed by atoms with Crippen molar-refractivity contribution in [3.63, 3.8) is 0 Å². The number of fused-ring (bicyclic) bond motifs is 24. The number of aromatic nitrogens is 2. The van der Waals surface area contributed by atoms with Crippen molar-refractivity contribution in [1.29, 1.82) is 0 Å². The first-order chi connectivity index (χ1) is 29.1. The van der Waals surface area contributed by atoms with E-state index >= 15 is 0 Å². The van der Waals surface area contributed by atoms with Crippen molar-refractivity contribution in [1.82, 2.24) is 9.13 Å². The molecular weight excluding hydrogens is 711 g/mol. The average Bonchev–Trinajstić information content (AvgIpc) is 3.79. The van der Waals surface area contributed by atoms with Crippen molar-refractivity contribution in [3.05, 3.63) is 175 Å². The standard InChI is InChI=1S/C56H33BN2/c1-30-26-42-52-46(24-22-40-36-16-5-3-12-32(36)34-14-7-9-18-38(34)50(40)52)58-48-20-11-21-49-54(48)57(44(28-30)55(42)58)45-29-31(2)27-43-53-47(59(49)56(43)45)25-23-41-37-17-6-4-13-33(37)35-15-8-10-19-39(35)51(41)53/h3-29H,1-2H3. The topological polar surface area (TPSA) is 9.86 Å². The van der Waals surface area contributed by atoms with Gasteiger partial charge in [0.25, 0.3) is 6.71 Å². The minimum atomic E-state index is 0.0901. The normalized spacial score (nSPS) is 13.2. The second-order valence-electron chi connectivity index (χ2n) is 17.3. The third-order valence-corrected chi connectivity index (χ3v) is 14.3. The van der Waals surface area contributed by atoms with E-state index in [1.54, 1.807) is 0 Å². The van der Waals surface area contributed by atoms with Crippen LogP contribution in [0.25, 0.3) is 120 Å². The lowest BCUT2D eigenvalue weighted by atomic mass is 9.34. The van der Waals surface area contributed by atoms with Crippen LogP contribution in [0.3, 0.4) is 0 Å². The molecule has 59 heavy (non-hydrogen) atoms. The molecule has 11 aromatic carbocycles. The lowest BCUT2D eigenvalue weighted by Crippen LogP contribution is -2.59. The molecule has 15 rings (SSSR count). The zero-order valence-corrected chi connectivity index (χ0v) is 32.6. The highest BCUT2D eigenvalue weighted by atomic mass is 15.0. The van der Waals surface area contributed by atoms with Gasteiger partial charge in [-0.05, 0) is 120 Å². The van der Waals surface area contributed by atoms with Gasteiger partial charge in [-0.15, -0.1) is 0 Å². The third kappa shape index (κ3) is 3.52. The molecule has 2 aliphatic rings. The molecule has 3 heteroatoms. The summed E-state index contributed by atoms with van der Waals surface area (Å²) in [5, 5.41) is 21.2. The predicted octanol–water partition coefficient (Wildman–Crippen LogP) is 12.6. The van der Waals surface area contributed by atoms with Crippen LogP contribution in [0.4, 0.5) is 0 Å². The second-order valence-corrected chi connectivity index (χ2v) is 17.3. The molecule has 4 heterocycles. The van der Waals surface area contributed by atoms with E-state index in [0.29, 0.717) is 0 Å². The highest BCUT2D eigenvalue weighted by molar-refractivity contribution is 7.00. The zero-order valence-electron chi connectivity index (χ0n) is 32.6. The van der Waals surface area contributed by atoms with E-state index in [4.69, 9.17) is 0 Å². The first-order valence-corrected chi connectivity index (χ1v) is 20.9. The van der Waals surface area contributed by atoms with Crippen LogP contribution in [-0.2, 0) is 0 Å². The van der Waals surface area contributed by atoms with Crippen LogP contribution in [-0.4, -0.2) is 15.8 Å². The number of nitrogens with zero attached hydrogens (tertiary/aromatic N) is 2. The van der Waals surface area contributed by atoms with Crippen LogP contribution in [0.1, 0.15) is 11.1 Å². The molecule has 0 radical (unpaired) electrons. The van der Waals surface area contributed by atoms with E-state index in [0.717, 1.165) is 0 Å². The second kappa shape index (κ2) is 10.4. The summed E-state index contributed by atoms with van der Waals surface area (Å²) in [6.45, 7) is 4.69. The van der Waals surface area contributed by atoms with Crippen LogP contribution in [0.2, 0.25) is 0 Å². The van der Waals surface area contributed by atoms with Gasteiger partial charge in [-0.1, -0.05) is 139 Å². The summed E-state index contributed by atoms with van der Waals surface area (Å²) in [5.41, 5.74) is 14.6. The molecule has 0 unspecified atom stereocenters. The van der Waals surface area contributed by atoms with Crippen molar-refractivity contribution in [2.75, 3.05) is 0 Å². The van der Waals surface area contributed by atoms with E-state index in [9.17, 15) is 0 Å². The Morgan fingerprint density at radius 2 is 0.678 bits per heavy atom. The van der Waals surface area contributed by atoms with E-state index in [1.165, 1.54) is 147 Å². The molecule has 0 spiro atoms. The van der Waals surface area contributed by atoms with E-state index in [-0.39, 0.29) is 6.71 Å². The number of aryl methyl sites for hydroxylation is 2. The molecule has 2 aliphatic heterocycles. The van der Waals surface area contributed by atoms with Gasteiger partial charge in [-0.2, -0.15) is 0 Å². The largest absolute Gasteiger partial charge is 0.310 e. The van der Waals surface area contributed by atoms with Crippen LogP contribution in [0.15, 0.2) is 164 Å². The monoisotopic (exact) mass is 744 g/mol. The Labute approximate surface area is 339 Å². The zero-order chi connectivity index (χ0) is 38.4. The van der Waals surface area contributed by atoms with Gasteiger partial charge in [0.1, 0.15) is 0 Å². The van der Waals surface area contributed by atoms with E-state index < -0.39 is 0 Å². The Kier molecular flexibility index (Phi) is 5.41. The number of hydrogen-bond donors (Lipinski definition) is 0. The Balaban J connectivity index is 1.15. The molecule has 270 valence electrons. The third-order valence-electron chi connectivity index (χ3n) is 14.3. The quantitative estimate of drug-likeness (QED) is 0.108. The number of benzene rings is 11. The predicted molar refractivity (Wildman–Crippen MR) is 254 cm³/mol. The summed E-state index contributed by atoms with van der Waals surface area (Å²) in [4.78, 5) is 0. The fraction of sp³-hybridized carbons (Fsp3) is 0.0357. The van der Waals surface area contributed by atoms with Gasteiger partial charge in [0.15, 0.2) is 0 Å². The molecule has 2 nitrogen and oxygen atoms in total. The molecule has 0 fully saturated rings. The molecule has 0 amide bonds. The minimum Gasteiger partial charge on any atom is -0.310 e. The van der Waals surface area contributed by atoms with Crippen LogP contribution >= 0.6 is 0 Å². The maximum absolute atomic E-state index is 2.62. The highest BCUT2D eigenvalue weighted by Crippen LogP contribution is 2.47. The molecule has 0 N–H and O–H groups in total. The molecule has 2 aromatic heterocycles. The fourth-order valence-electron chi connectivity index (χ4n) is 12.3. The average molecular weight is 745 g/mol. The van der Waals surface area contributed by atoms with Crippen LogP contribution in [0, 0.1) is 13.8 Å². The lowest BCUT2D eigenvalue weighted by Gasteiger charge is -2.33. The molecule has 0 bridgehead atoms. The molecule has 0 saturated heterocycles. The minimum absolute atomic E-state index is 0.0901. The van der Waals surface area contributed by atoms with E-state index in [1.807, 2.05) is 0 Å². The molecule has 0 saturated carbocycles. The van der Waals surface area contributed by atoms with Gasteiger partial charge in [-0.3, -0.25) is 0 Å². The summed E-state index contributed by atoms with van der Waals surface area (Å²) in [5.74, 6) is 0. The first-order valence-electron chi connectivity index (χ1n) is 20.9. The van der Waals surface area contributed by atoms with Crippen LogP contribution < -0.4 is 16.4 Å². The van der Waals surface area contributed by atoms with Crippen molar-refractivity contribution in [2.45, 2.75) is 13.8 Å². The number of rotatable bonds is 0. The highest BCUT2D eigenvalue weighted by Gasteiger charge is 2.41. The van der Waals surface area contributed by atoms with Crippen molar-refractivity contribution >= 4 is 131 Å². The van der Waals surface area contributed by atoms with E-state index in [2.05, 4.69) is 187 Å². The molecular formula is C56H33BN2. The van der Waals surface area contributed by atoms with Crippen molar-refractivity contribution in [3.8, 4) is 11.4 Å². The van der Waals surface area contributed by atoms with Crippen molar-refractivity contribution in [2.24, 2.45) is 0 Å². The summed E-state index contributed by atoms with van der Waals surface area (Å²) in [7, 11) is 0. The number of hydrogen-bond acceptors (Lipinski definition) is 0. The van der Waals surface area contributed by atoms with Gasteiger partial charge in [-0.25, -0.2) is 0 Å². The molecule has 13 aromatic rings. The fourth-order valence-corrected chi connectivity index (χ4v) is 12.3. The van der Waals surface area contributed by atoms with Gasteiger partial charge in [0, 0.05) is 54.7 Å². The van der Waals surface area contributed by atoms with Crippen molar-refractivity contribution < 1.29 is 0 Å². The van der Waals surface area contributed by atoms with Gasteiger partial charge < -0.3 is 9.13 Å². The lowest BCUT2D eigenvalue weighted by molar-refractivity contribution is 1.14. The Hall–Kier alpha value is -7.36. The maximum atomic E-state index is 2.62. The Morgan fingerprint density at radius 3 is 1.08 bits per heavy atom. The summed E-state index contributed by atoms with van der Waals surface area (Å²) in [6, 6.07) is 62.6. The Morgan fingerprint density at radius 1 is 0.322 bits per heavy atom. The summed E-state index contributed by atoms with van der Waals surface area (Å²) >= 11 is 0.